The van der Waals surface area contributed by atoms with Crippen molar-refractivity contribution in [2.45, 2.75) is 6.10 Å². The topological polar surface area (TPSA) is 58.6 Å². The van der Waals surface area contributed by atoms with Gasteiger partial charge >= 0.3 is 0 Å². The van der Waals surface area contributed by atoms with Gasteiger partial charge in [0.1, 0.15) is 5.75 Å². The van der Waals surface area contributed by atoms with Gasteiger partial charge in [-0.15, -0.1) is 0 Å². The van der Waals surface area contributed by atoms with Crippen molar-refractivity contribution in [2.75, 3.05) is 13.7 Å². The largest absolute Gasteiger partial charge is 0.497 e. The summed E-state index contributed by atoms with van der Waals surface area (Å²) in [5.41, 5.74) is 1.06. The number of carbonyl (C=O) groups excluding carboxylic acids is 1. The van der Waals surface area contributed by atoms with Crippen LogP contribution in [-0.2, 0) is 0 Å². The Labute approximate surface area is 128 Å². The minimum atomic E-state index is -0.853. The number of amides is 1. The van der Waals surface area contributed by atoms with Crippen molar-refractivity contribution in [3.63, 3.8) is 0 Å². The van der Waals surface area contributed by atoms with Gasteiger partial charge in [0, 0.05) is 22.7 Å². The standard InChI is InChI=1S/C16H16ClNO3/c1-21-12-6-4-5-11(9-12)16(20)18-10-15(19)13-7-2-3-8-14(13)17/h2-9,15,19H,10H2,1H3,(H,18,20). The summed E-state index contributed by atoms with van der Waals surface area (Å²) < 4.78 is 5.07. The molecule has 0 aromatic heterocycles. The van der Waals surface area contributed by atoms with Gasteiger partial charge in [0.2, 0.25) is 0 Å². The van der Waals surface area contributed by atoms with Crippen LogP contribution >= 0.6 is 11.6 Å². The smallest absolute Gasteiger partial charge is 0.251 e. The number of hydrogen-bond acceptors (Lipinski definition) is 3. The molecule has 0 fully saturated rings. The zero-order valence-electron chi connectivity index (χ0n) is 11.5. The van der Waals surface area contributed by atoms with Crippen molar-refractivity contribution in [1.82, 2.24) is 5.32 Å². The van der Waals surface area contributed by atoms with Crippen LogP contribution in [0.3, 0.4) is 0 Å². The molecule has 1 unspecified atom stereocenters. The maximum absolute atomic E-state index is 12.0. The third-order valence-electron chi connectivity index (χ3n) is 3.05. The Kier molecular flexibility index (Phi) is 5.20. The number of methoxy groups -OCH3 is 1. The van der Waals surface area contributed by atoms with E-state index in [0.29, 0.717) is 21.9 Å². The molecule has 110 valence electrons. The lowest BCUT2D eigenvalue weighted by molar-refractivity contribution is 0.0916. The molecule has 2 N–H and O–H groups in total. The van der Waals surface area contributed by atoms with Crippen LogP contribution in [0, 0.1) is 0 Å². The van der Waals surface area contributed by atoms with E-state index in [0.717, 1.165) is 0 Å². The number of hydrogen-bond donors (Lipinski definition) is 2. The van der Waals surface area contributed by atoms with Crippen molar-refractivity contribution in [3.8, 4) is 5.75 Å². The molecule has 0 spiro atoms. The molecule has 0 saturated carbocycles. The summed E-state index contributed by atoms with van der Waals surface area (Å²) in [6.07, 6.45) is -0.853. The summed E-state index contributed by atoms with van der Waals surface area (Å²) in [5, 5.41) is 13.2. The quantitative estimate of drug-likeness (QED) is 0.893. The number of halogens is 1. The fraction of sp³-hybridized carbons (Fsp3) is 0.188. The minimum Gasteiger partial charge on any atom is -0.497 e. The molecule has 1 atom stereocenters. The summed E-state index contributed by atoms with van der Waals surface area (Å²) in [4.78, 5) is 12.0. The second kappa shape index (κ2) is 7.11. The summed E-state index contributed by atoms with van der Waals surface area (Å²) in [5.74, 6) is 0.328. The van der Waals surface area contributed by atoms with Crippen molar-refractivity contribution in [3.05, 3.63) is 64.7 Å². The fourth-order valence-electron chi connectivity index (χ4n) is 1.91. The van der Waals surface area contributed by atoms with Crippen LogP contribution in [0.5, 0.6) is 5.75 Å². The Morgan fingerprint density at radius 3 is 2.76 bits per heavy atom. The van der Waals surface area contributed by atoms with Crippen LogP contribution < -0.4 is 10.1 Å². The predicted octanol–water partition coefficient (Wildman–Crippen LogP) is 2.81. The first-order valence-corrected chi connectivity index (χ1v) is 6.84. The average molecular weight is 306 g/mol. The van der Waals surface area contributed by atoms with Gasteiger partial charge in [0.15, 0.2) is 0 Å². The Morgan fingerprint density at radius 2 is 2.05 bits per heavy atom. The van der Waals surface area contributed by atoms with Crippen LogP contribution in [0.25, 0.3) is 0 Å². The first kappa shape index (κ1) is 15.4. The first-order valence-electron chi connectivity index (χ1n) is 6.46. The second-order valence-electron chi connectivity index (χ2n) is 4.48. The van der Waals surface area contributed by atoms with E-state index in [-0.39, 0.29) is 12.5 Å². The molecule has 2 aromatic rings. The monoisotopic (exact) mass is 305 g/mol. The lowest BCUT2D eigenvalue weighted by atomic mass is 10.1. The number of ether oxygens (including phenoxy) is 1. The number of rotatable bonds is 5. The van der Waals surface area contributed by atoms with E-state index in [1.165, 1.54) is 7.11 Å². The molecule has 2 rings (SSSR count). The molecular formula is C16H16ClNO3. The average Bonchev–Trinajstić information content (AvgIpc) is 2.52. The van der Waals surface area contributed by atoms with Gasteiger partial charge in [-0.25, -0.2) is 0 Å². The molecule has 4 nitrogen and oxygen atoms in total. The van der Waals surface area contributed by atoms with Crippen LogP contribution in [0.2, 0.25) is 5.02 Å². The lowest BCUT2D eigenvalue weighted by Gasteiger charge is -2.13. The predicted molar refractivity (Wildman–Crippen MR) is 81.7 cm³/mol. The van der Waals surface area contributed by atoms with Gasteiger partial charge in [0.05, 0.1) is 13.2 Å². The third kappa shape index (κ3) is 3.97. The summed E-state index contributed by atoms with van der Waals surface area (Å²) in [7, 11) is 1.54. The molecule has 0 aliphatic rings. The molecule has 0 aliphatic heterocycles. The molecule has 2 aromatic carbocycles. The number of benzene rings is 2. The van der Waals surface area contributed by atoms with Crippen LogP contribution in [-0.4, -0.2) is 24.7 Å². The molecule has 0 radical (unpaired) electrons. The normalized spacial score (nSPS) is 11.8. The highest BCUT2D eigenvalue weighted by Crippen LogP contribution is 2.22. The van der Waals surface area contributed by atoms with Crippen molar-refractivity contribution in [2.24, 2.45) is 0 Å². The van der Waals surface area contributed by atoms with E-state index in [9.17, 15) is 9.90 Å². The minimum absolute atomic E-state index is 0.0831. The number of carbonyl (C=O) groups is 1. The van der Waals surface area contributed by atoms with Gasteiger partial charge in [0.25, 0.3) is 5.91 Å². The van der Waals surface area contributed by atoms with E-state index in [1.807, 2.05) is 0 Å². The van der Waals surface area contributed by atoms with Crippen molar-refractivity contribution >= 4 is 17.5 Å². The zero-order chi connectivity index (χ0) is 15.2. The fourth-order valence-corrected chi connectivity index (χ4v) is 2.17. The summed E-state index contributed by atoms with van der Waals surface area (Å²) in [6.45, 7) is 0.0831. The Balaban J connectivity index is 1.99. The molecule has 0 heterocycles. The van der Waals surface area contributed by atoms with Crippen LogP contribution in [0.15, 0.2) is 48.5 Å². The summed E-state index contributed by atoms with van der Waals surface area (Å²) >= 11 is 6.00. The lowest BCUT2D eigenvalue weighted by Crippen LogP contribution is -2.28. The van der Waals surface area contributed by atoms with Gasteiger partial charge < -0.3 is 15.2 Å². The van der Waals surface area contributed by atoms with Crippen LogP contribution in [0.4, 0.5) is 0 Å². The molecule has 5 heteroatoms. The molecule has 0 aliphatic carbocycles. The second-order valence-corrected chi connectivity index (χ2v) is 4.89. The first-order chi connectivity index (χ1) is 10.1. The van der Waals surface area contributed by atoms with E-state index in [2.05, 4.69) is 5.32 Å². The summed E-state index contributed by atoms with van der Waals surface area (Å²) in [6, 6.07) is 13.8. The Bertz CT molecular complexity index is 630. The number of aliphatic hydroxyl groups excluding tert-OH is 1. The Hall–Kier alpha value is -2.04. The van der Waals surface area contributed by atoms with E-state index < -0.39 is 6.10 Å². The molecular weight excluding hydrogens is 290 g/mol. The van der Waals surface area contributed by atoms with Gasteiger partial charge in [-0.05, 0) is 24.3 Å². The van der Waals surface area contributed by atoms with E-state index in [4.69, 9.17) is 16.3 Å². The van der Waals surface area contributed by atoms with E-state index >= 15 is 0 Å². The molecule has 0 saturated heterocycles. The highest BCUT2D eigenvalue weighted by Gasteiger charge is 2.13. The highest BCUT2D eigenvalue weighted by atomic mass is 35.5. The van der Waals surface area contributed by atoms with Gasteiger partial charge in [-0.2, -0.15) is 0 Å². The van der Waals surface area contributed by atoms with E-state index in [1.54, 1.807) is 48.5 Å². The number of nitrogens with one attached hydrogen (secondary N) is 1. The Morgan fingerprint density at radius 1 is 1.29 bits per heavy atom. The SMILES string of the molecule is COc1cccc(C(=O)NCC(O)c2ccccc2Cl)c1. The van der Waals surface area contributed by atoms with Crippen LogP contribution in [0.1, 0.15) is 22.0 Å². The molecule has 21 heavy (non-hydrogen) atoms. The third-order valence-corrected chi connectivity index (χ3v) is 3.40. The molecule has 1 amide bonds. The van der Waals surface area contributed by atoms with Crippen molar-refractivity contribution < 1.29 is 14.6 Å². The number of aliphatic hydroxyl groups is 1. The maximum Gasteiger partial charge on any atom is 0.251 e. The van der Waals surface area contributed by atoms with Gasteiger partial charge in [-0.1, -0.05) is 35.9 Å². The molecule has 0 bridgehead atoms. The maximum atomic E-state index is 12.0. The van der Waals surface area contributed by atoms with Gasteiger partial charge in [-0.3, -0.25) is 4.79 Å². The van der Waals surface area contributed by atoms with Crippen molar-refractivity contribution in [1.29, 1.82) is 0 Å². The highest BCUT2D eigenvalue weighted by molar-refractivity contribution is 6.31. The zero-order valence-corrected chi connectivity index (χ0v) is 12.3.